The van der Waals surface area contributed by atoms with Crippen LogP contribution >= 0.6 is 0 Å². The summed E-state index contributed by atoms with van der Waals surface area (Å²) in [6.45, 7) is 0.697. The minimum Gasteiger partial charge on any atom is -0.366 e. The van der Waals surface area contributed by atoms with Crippen LogP contribution in [0, 0.1) is 5.92 Å². The highest BCUT2D eigenvalue weighted by Gasteiger charge is 2.24. The van der Waals surface area contributed by atoms with Crippen molar-refractivity contribution < 1.29 is 4.79 Å². The number of carbonyl (C=O) groups is 1. The maximum Gasteiger partial charge on any atom is 0.273 e. The Bertz CT molecular complexity index is 445. The van der Waals surface area contributed by atoms with Crippen LogP contribution in [0.2, 0.25) is 0 Å². The van der Waals surface area contributed by atoms with Gasteiger partial charge in [-0.1, -0.05) is 12.8 Å². The van der Waals surface area contributed by atoms with Crippen molar-refractivity contribution in [2.75, 3.05) is 26.0 Å². The molecule has 0 aliphatic heterocycles. The fourth-order valence-electron chi connectivity index (χ4n) is 2.62. The van der Waals surface area contributed by atoms with Crippen molar-refractivity contribution >= 4 is 11.7 Å². The molecule has 0 saturated heterocycles. The molecule has 20 heavy (non-hydrogen) atoms. The van der Waals surface area contributed by atoms with Gasteiger partial charge in [0.1, 0.15) is 5.82 Å². The van der Waals surface area contributed by atoms with E-state index >= 15 is 0 Å². The van der Waals surface area contributed by atoms with Gasteiger partial charge < -0.3 is 16.0 Å². The fourth-order valence-corrected chi connectivity index (χ4v) is 2.62. The summed E-state index contributed by atoms with van der Waals surface area (Å²) < 4.78 is 0. The second-order valence-electron chi connectivity index (χ2n) is 5.53. The molecule has 2 rings (SSSR count). The third-order valence-corrected chi connectivity index (χ3v) is 3.83. The van der Waals surface area contributed by atoms with Crippen molar-refractivity contribution in [1.82, 2.24) is 15.1 Å². The van der Waals surface area contributed by atoms with Gasteiger partial charge in [-0.25, -0.2) is 0 Å². The smallest absolute Gasteiger partial charge is 0.273 e. The SMILES string of the molecule is CN(C)C(=O)c1ccc(NC2CCCCC2CN)nn1. The Morgan fingerprint density at radius 3 is 2.70 bits per heavy atom. The van der Waals surface area contributed by atoms with E-state index in [2.05, 4.69) is 15.5 Å². The second-order valence-corrected chi connectivity index (χ2v) is 5.53. The van der Waals surface area contributed by atoms with Gasteiger partial charge in [0.25, 0.3) is 5.91 Å². The van der Waals surface area contributed by atoms with Crippen LogP contribution in [0.1, 0.15) is 36.2 Å². The van der Waals surface area contributed by atoms with Gasteiger partial charge in [-0.3, -0.25) is 4.79 Å². The lowest BCUT2D eigenvalue weighted by atomic mass is 9.84. The van der Waals surface area contributed by atoms with Crippen molar-refractivity contribution in [2.24, 2.45) is 11.7 Å². The van der Waals surface area contributed by atoms with E-state index in [1.54, 1.807) is 20.2 Å². The van der Waals surface area contributed by atoms with E-state index in [4.69, 9.17) is 5.73 Å². The van der Waals surface area contributed by atoms with Crippen molar-refractivity contribution in [3.63, 3.8) is 0 Å². The van der Waals surface area contributed by atoms with E-state index in [9.17, 15) is 4.79 Å². The zero-order valence-corrected chi connectivity index (χ0v) is 12.2. The zero-order chi connectivity index (χ0) is 14.5. The summed E-state index contributed by atoms with van der Waals surface area (Å²) in [6.07, 6.45) is 4.75. The Balaban J connectivity index is 2.01. The number of hydrogen-bond donors (Lipinski definition) is 2. The summed E-state index contributed by atoms with van der Waals surface area (Å²) in [5.41, 5.74) is 6.18. The molecule has 2 atom stereocenters. The van der Waals surface area contributed by atoms with Crippen LogP contribution in [-0.2, 0) is 0 Å². The van der Waals surface area contributed by atoms with Crippen LogP contribution in [0.5, 0.6) is 0 Å². The molecule has 0 radical (unpaired) electrons. The van der Waals surface area contributed by atoms with Crippen LogP contribution in [-0.4, -0.2) is 47.7 Å². The lowest BCUT2D eigenvalue weighted by Gasteiger charge is -2.31. The molecule has 1 fully saturated rings. The summed E-state index contributed by atoms with van der Waals surface area (Å²) in [5.74, 6) is 1.07. The van der Waals surface area contributed by atoms with Crippen LogP contribution in [0.25, 0.3) is 0 Å². The summed E-state index contributed by atoms with van der Waals surface area (Å²) in [7, 11) is 3.40. The minimum absolute atomic E-state index is 0.137. The first-order valence-corrected chi connectivity index (χ1v) is 7.14. The Labute approximate surface area is 119 Å². The number of nitrogens with one attached hydrogen (secondary N) is 1. The molecule has 3 N–H and O–H groups in total. The highest BCUT2D eigenvalue weighted by atomic mass is 16.2. The van der Waals surface area contributed by atoms with Gasteiger partial charge in [0.2, 0.25) is 0 Å². The van der Waals surface area contributed by atoms with E-state index < -0.39 is 0 Å². The predicted molar refractivity (Wildman–Crippen MR) is 78.5 cm³/mol. The molecular formula is C14H23N5O. The van der Waals surface area contributed by atoms with E-state index in [-0.39, 0.29) is 5.91 Å². The fraction of sp³-hybridized carbons (Fsp3) is 0.643. The van der Waals surface area contributed by atoms with Crippen molar-refractivity contribution in [3.05, 3.63) is 17.8 Å². The average molecular weight is 277 g/mol. The minimum atomic E-state index is -0.137. The number of carbonyl (C=O) groups excluding carboxylic acids is 1. The van der Waals surface area contributed by atoms with E-state index in [0.29, 0.717) is 30.0 Å². The highest BCUT2D eigenvalue weighted by Crippen LogP contribution is 2.25. The van der Waals surface area contributed by atoms with Crippen molar-refractivity contribution in [3.8, 4) is 0 Å². The molecule has 0 bridgehead atoms. The van der Waals surface area contributed by atoms with E-state index in [1.807, 2.05) is 6.07 Å². The molecule has 1 saturated carbocycles. The second kappa shape index (κ2) is 6.65. The molecule has 1 amide bonds. The summed E-state index contributed by atoms with van der Waals surface area (Å²) in [4.78, 5) is 13.2. The molecule has 0 spiro atoms. The lowest BCUT2D eigenvalue weighted by Crippen LogP contribution is -2.37. The molecule has 6 heteroatoms. The van der Waals surface area contributed by atoms with Crippen LogP contribution in [0.3, 0.4) is 0 Å². The molecule has 0 aromatic carbocycles. The first kappa shape index (κ1) is 14.7. The largest absolute Gasteiger partial charge is 0.366 e. The number of nitrogens with two attached hydrogens (primary N) is 1. The number of aromatic nitrogens is 2. The molecule has 110 valence electrons. The molecule has 1 aliphatic carbocycles. The summed E-state index contributed by atoms with van der Waals surface area (Å²) in [6, 6.07) is 3.88. The third kappa shape index (κ3) is 3.45. The van der Waals surface area contributed by atoms with Crippen molar-refractivity contribution in [2.45, 2.75) is 31.7 Å². The van der Waals surface area contributed by atoms with Gasteiger partial charge in [-0.05, 0) is 37.4 Å². The van der Waals surface area contributed by atoms with E-state index in [0.717, 1.165) is 6.42 Å². The first-order chi connectivity index (χ1) is 9.61. The molecule has 1 aromatic rings. The van der Waals surface area contributed by atoms with Crippen LogP contribution < -0.4 is 11.1 Å². The number of amides is 1. The number of hydrogen-bond acceptors (Lipinski definition) is 5. The van der Waals surface area contributed by atoms with Gasteiger partial charge in [-0.2, -0.15) is 0 Å². The maximum atomic E-state index is 11.7. The quantitative estimate of drug-likeness (QED) is 0.861. The molecule has 6 nitrogen and oxygen atoms in total. The standard InChI is InChI=1S/C14H23N5O/c1-19(2)14(20)12-7-8-13(18-17-12)16-11-6-4-3-5-10(11)9-15/h7-8,10-11H,3-6,9,15H2,1-2H3,(H,16,18). The maximum absolute atomic E-state index is 11.7. The summed E-state index contributed by atoms with van der Waals surface area (Å²) in [5, 5.41) is 11.5. The zero-order valence-electron chi connectivity index (χ0n) is 12.2. The number of nitrogens with zero attached hydrogens (tertiary/aromatic N) is 3. The molecule has 1 aliphatic rings. The Kier molecular flexibility index (Phi) is 4.89. The third-order valence-electron chi connectivity index (χ3n) is 3.83. The highest BCUT2D eigenvalue weighted by molar-refractivity contribution is 5.91. The molecular weight excluding hydrogens is 254 g/mol. The number of anilines is 1. The van der Waals surface area contributed by atoms with Gasteiger partial charge in [0.05, 0.1) is 0 Å². The van der Waals surface area contributed by atoms with Crippen LogP contribution in [0.4, 0.5) is 5.82 Å². The predicted octanol–water partition coefficient (Wildman–Crippen LogP) is 1.11. The first-order valence-electron chi connectivity index (χ1n) is 7.14. The molecule has 1 heterocycles. The lowest BCUT2D eigenvalue weighted by molar-refractivity contribution is 0.0821. The Hall–Kier alpha value is -1.69. The molecule has 2 unspecified atom stereocenters. The Morgan fingerprint density at radius 1 is 1.35 bits per heavy atom. The molecule has 1 aromatic heterocycles. The Morgan fingerprint density at radius 2 is 2.10 bits per heavy atom. The number of rotatable bonds is 4. The van der Waals surface area contributed by atoms with Gasteiger partial charge in [-0.15, -0.1) is 10.2 Å². The van der Waals surface area contributed by atoms with Gasteiger partial charge >= 0.3 is 0 Å². The monoisotopic (exact) mass is 277 g/mol. The van der Waals surface area contributed by atoms with Gasteiger partial charge in [0.15, 0.2) is 5.69 Å². The topological polar surface area (TPSA) is 84.1 Å². The summed E-state index contributed by atoms with van der Waals surface area (Å²) >= 11 is 0. The normalized spacial score (nSPS) is 22.4. The average Bonchev–Trinajstić information content (AvgIpc) is 2.48. The van der Waals surface area contributed by atoms with Crippen molar-refractivity contribution in [1.29, 1.82) is 0 Å². The van der Waals surface area contributed by atoms with Crippen LogP contribution in [0.15, 0.2) is 12.1 Å². The van der Waals surface area contributed by atoms with E-state index in [1.165, 1.54) is 24.2 Å². The van der Waals surface area contributed by atoms with Gasteiger partial charge in [0, 0.05) is 20.1 Å².